The smallest absolute Gasteiger partial charge is 0.350 e. The fourth-order valence-electron chi connectivity index (χ4n) is 1.33. The average molecular weight is 256 g/mol. The van der Waals surface area contributed by atoms with Gasteiger partial charge in [-0.1, -0.05) is 13.3 Å². The Labute approximate surface area is 104 Å². The zero-order chi connectivity index (χ0) is 12.8. The van der Waals surface area contributed by atoms with Gasteiger partial charge in [-0.2, -0.15) is 0 Å². The van der Waals surface area contributed by atoms with Crippen LogP contribution in [0, 0.1) is 0 Å². The number of carbonyl (C=O) groups excluding carboxylic acids is 2. The van der Waals surface area contributed by atoms with Crippen molar-refractivity contribution in [1.29, 1.82) is 0 Å². The average Bonchev–Trinajstić information content (AvgIpc) is 2.76. The number of esters is 1. The van der Waals surface area contributed by atoms with Crippen molar-refractivity contribution < 1.29 is 14.3 Å². The highest BCUT2D eigenvalue weighted by atomic mass is 32.1. The molecule has 0 saturated heterocycles. The molecule has 0 saturated carbocycles. The van der Waals surface area contributed by atoms with E-state index >= 15 is 0 Å². The molecule has 1 aromatic rings. The van der Waals surface area contributed by atoms with Crippen molar-refractivity contribution in [3.05, 3.63) is 16.3 Å². The Bertz CT molecular complexity index is 403. The third-order valence-electron chi connectivity index (χ3n) is 2.23. The van der Waals surface area contributed by atoms with Crippen molar-refractivity contribution in [1.82, 2.24) is 0 Å². The van der Waals surface area contributed by atoms with E-state index in [4.69, 9.17) is 5.73 Å². The maximum atomic E-state index is 11.7. The number of hydrogen-bond donors (Lipinski definition) is 2. The maximum Gasteiger partial charge on any atom is 0.350 e. The number of anilines is 1. The van der Waals surface area contributed by atoms with Gasteiger partial charge in [-0.05, 0) is 17.9 Å². The summed E-state index contributed by atoms with van der Waals surface area (Å²) in [6, 6.07) is 1.11. The standard InChI is InChI=1S/C11H16N2O3S/c1-3-4-7(12)10(14)13-8-5-6-17-9(8)11(15)16-2/h5-7H,3-4,12H2,1-2H3,(H,13,14)/t7-/m0/s1. The van der Waals surface area contributed by atoms with Gasteiger partial charge in [-0.25, -0.2) is 4.79 Å². The van der Waals surface area contributed by atoms with Crippen LogP contribution < -0.4 is 11.1 Å². The van der Waals surface area contributed by atoms with Gasteiger partial charge in [-0.3, -0.25) is 4.79 Å². The van der Waals surface area contributed by atoms with Gasteiger partial charge in [0.05, 0.1) is 18.8 Å². The summed E-state index contributed by atoms with van der Waals surface area (Å²) in [6.07, 6.45) is 1.45. The first-order valence-corrected chi connectivity index (χ1v) is 6.20. The molecule has 5 nitrogen and oxygen atoms in total. The number of thiophene rings is 1. The Morgan fingerprint density at radius 1 is 1.59 bits per heavy atom. The van der Waals surface area contributed by atoms with Crippen LogP contribution in [-0.4, -0.2) is 25.0 Å². The number of nitrogens with two attached hydrogens (primary N) is 1. The zero-order valence-electron chi connectivity index (χ0n) is 9.86. The second kappa shape index (κ2) is 6.36. The number of ether oxygens (including phenoxy) is 1. The summed E-state index contributed by atoms with van der Waals surface area (Å²) in [5.74, 6) is -0.741. The fourth-order valence-corrected chi connectivity index (χ4v) is 2.09. The van der Waals surface area contributed by atoms with Crippen molar-refractivity contribution >= 4 is 28.9 Å². The summed E-state index contributed by atoms with van der Waals surface area (Å²) in [5.41, 5.74) is 6.14. The molecule has 0 unspecified atom stereocenters. The first-order valence-electron chi connectivity index (χ1n) is 5.32. The van der Waals surface area contributed by atoms with E-state index < -0.39 is 12.0 Å². The van der Waals surface area contributed by atoms with Crippen molar-refractivity contribution in [2.24, 2.45) is 5.73 Å². The number of methoxy groups -OCH3 is 1. The molecule has 0 aliphatic carbocycles. The zero-order valence-corrected chi connectivity index (χ0v) is 10.7. The molecule has 6 heteroatoms. The van der Waals surface area contributed by atoms with Crippen molar-refractivity contribution in [3.63, 3.8) is 0 Å². The third kappa shape index (κ3) is 3.54. The van der Waals surface area contributed by atoms with Crippen molar-refractivity contribution in [3.8, 4) is 0 Å². The van der Waals surface area contributed by atoms with Crippen LogP contribution in [0.1, 0.15) is 29.4 Å². The van der Waals surface area contributed by atoms with E-state index in [2.05, 4.69) is 10.1 Å². The SMILES string of the molecule is CCC[C@H](N)C(=O)Nc1ccsc1C(=O)OC. The summed E-state index contributed by atoms with van der Waals surface area (Å²) < 4.78 is 4.61. The van der Waals surface area contributed by atoms with Crippen LogP contribution in [0.15, 0.2) is 11.4 Å². The van der Waals surface area contributed by atoms with E-state index in [1.54, 1.807) is 11.4 Å². The normalized spacial score (nSPS) is 11.9. The number of hydrogen-bond acceptors (Lipinski definition) is 5. The van der Waals surface area contributed by atoms with Gasteiger partial charge in [0.25, 0.3) is 0 Å². The lowest BCUT2D eigenvalue weighted by Gasteiger charge is -2.10. The second-order valence-electron chi connectivity index (χ2n) is 3.54. The molecule has 94 valence electrons. The summed E-state index contributed by atoms with van der Waals surface area (Å²) in [6.45, 7) is 1.96. The minimum Gasteiger partial charge on any atom is -0.465 e. The van der Waals surface area contributed by atoms with E-state index in [9.17, 15) is 9.59 Å². The van der Waals surface area contributed by atoms with Gasteiger partial charge in [0, 0.05) is 0 Å². The molecule has 0 aliphatic heterocycles. The van der Waals surface area contributed by atoms with Gasteiger partial charge >= 0.3 is 5.97 Å². The van der Waals surface area contributed by atoms with Crippen molar-refractivity contribution in [2.75, 3.05) is 12.4 Å². The van der Waals surface area contributed by atoms with E-state index in [0.717, 1.165) is 6.42 Å². The quantitative estimate of drug-likeness (QED) is 0.784. The largest absolute Gasteiger partial charge is 0.465 e. The van der Waals surface area contributed by atoms with Crippen molar-refractivity contribution in [2.45, 2.75) is 25.8 Å². The van der Waals surface area contributed by atoms with Crippen LogP contribution in [0.3, 0.4) is 0 Å². The molecule has 0 aliphatic rings. The van der Waals surface area contributed by atoms with Gasteiger partial charge < -0.3 is 15.8 Å². The summed E-state index contributed by atoms with van der Waals surface area (Å²) in [4.78, 5) is 23.4. The van der Waals surface area contributed by atoms with Crippen LogP contribution in [-0.2, 0) is 9.53 Å². The predicted molar refractivity (Wildman–Crippen MR) is 67.2 cm³/mol. The number of carbonyl (C=O) groups is 2. The first-order chi connectivity index (χ1) is 8.10. The highest BCUT2D eigenvalue weighted by Crippen LogP contribution is 2.23. The van der Waals surface area contributed by atoms with Crippen LogP contribution in [0.5, 0.6) is 0 Å². The molecule has 1 heterocycles. The van der Waals surface area contributed by atoms with E-state index in [1.807, 2.05) is 6.92 Å². The van der Waals surface area contributed by atoms with E-state index in [1.165, 1.54) is 18.4 Å². The number of rotatable bonds is 5. The van der Waals surface area contributed by atoms with Crippen LogP contribution >= 0.6 is 11.3 Å². The number of amides is 1. The van der Waals surface area contributed by atoms with Gasteiger partial charge in [0.1, 0.15) is 4.88 Å². The summed E-state index contributed by atoms with van der Waals surface area (Å²) >= 11 is 1.22. The Hall–Kier alpha value is -1.40. The lowest BCUT2D eigenvalue weighted by Crippen LogP contribution is -2.35. The Kier molecular flexibility index (Phi) is 5.11. The molecule has 17 heavy (non-hydrogen) atoms. The molecule has 1 rings (SSSR count). The predicted octanol–water partition coefficient (Wildman–Crippen LogP) is 1.60. The first kappa shape index (κ1) is 13.7. The lowest BCUT2D eigenvalue weighted by molar-refractivity contribution is -0.117. The highest BCUT2D eigenvalue weighted by Gasteiger charge is 2.18. The Balaban J connectivity index is 2.72. The highest BCUT2D eigenvalue weighted by molar-refractivity contribution is 7.12. The van der Waals surface area contributed by atoms with Crippen LogP contribution in [0.4, 0.5) is 5.69 Å². The topological polar surface area (TPSA) is 81.4 Å². The molecule has 1 amide bonds. The monoisotopic (exact) mass is 256 g/mol. The minimum atomic E-state index is -0.551. The number of nitrogens with one attached hydrogen (secondary N) is 1. The third-order valence-corrected chi connectivity index (χ3v) is 3.12. The summed E-state index contributed by atoms with van der Waals surface area (Å²) in [7, 11) is 1.30. The maximum absolute atomic E-state index is 11.7. The fraction of sp³-hybridized carbons (Fsp3) is 0.455. The molecule has 3 N–H and O–H groups in total. The molecule has 1 atom stereocenters. The molecule has 0 spiro atoms. The van der Waals surface area contributed by atoms with Gasteiger partial charge in [0.2, 0.25) is 5.91 Å². The second-order valence-corrected chi connectivity index (χ2v) is 4.46. The minimum absolute atomic E-state index is 0.282. The van der Waals surface area contributed by atoms with Gasteiger partial charge in [-0.15, -0.1) is 11.3 Å². The molecule has 0 radical (unpaired) electrons. The van der Waals surface area contributed by atoms with Crippen LogP contribution in [0.25, 0.3) is 0 Å². The lowest BCUT2D eigenvalue weighted by atomic mass is 10.1. The molecular weight excluding hydrogens is 240 g/mol. The Morgan fingerprint density at radius 3 is 2.88 bits per heavy atom. The van der Waals surface area contributed by atoms with Crippen LogP contribution in [0.2, 0.25) is 0 Å². The van der Waals surface area contributed by atoms with E-state index in [0.29, 0.717) is 17.0 Å². The molecule has 1 aromatic heterocycles. The molecule has 0 bridgehead atoms. The Morgan fingerprint density at radius 2 is 2.29 bits per heavy atom. The molecule has 0 fully saturated rings. The summed E-state index contributed by atoms with van der Waals surface area (Å²) in [5, 5.41) is 4.35. The van der Waals surface area contributed by atoms with Gasteiger partial charge in [0.15, 0.2) is 0 Å². The van der Waals surface area contributed by atoms with E-state index in [-0.39, 0.29) is 5.91 Å². The molecule has 0 aromatic carbocycles. The molecular formula is C11H16N2O3S.